The summed E-state index contributed by atoms with van der Waals surface area (Å²) in [6.07, 6.45) is 2.25. The lowest BCUT2D eigenvalue weighted by atomic mass is 10.1. The van der Waals surface area contributed by atoms with Crippen LogP contribution in [0.2, 0.25) is 0 Å². The zero-order valence-corrected chi connectivity index (χ0v) is 9.33. The van der Waals surface area contributed by atoms with Crippen molar-refractivity contribution < 1.29 is 4.79 Å². The van der Waals surface area contributed by atoms with Gasteiger partial charge in [-0.2, -0.15) is 0 Å². The van der Waals surface area contributed by atoms with Gasteiger partial charge in [0, 0.05) is 31.7 Å². The molecule has 2 fully saturated rings. The van der Waals surface area contributed by atoms with Crippen molar-refractivity contribution in [1.82, 2.24) is 9.80 Å². The molecule has 2 saturated heterocycles. The largest absolute Gasteiger partial charge is 0.336 e. The van der Waals surface area contributed by atoms with Gasteiger partial charge in [0.05, 0.1) is 0 Å². The summed E-state index contributed by atoms with van der Waals surface area (Å²) in [5, 5.41) is 0. The van der Waals surface area contributed by atoms with Crippen LogP contribution in [-0.2, 0) is 4.79 Å². The lowest BCUT2D eigenvalue weighted by Crippen LogP contribution is -2.54. The van der Waals surface area contributed by atoms with E-state index >= 15 is 0 Å². The van der Waals surface area contributed by atoms with Gasteiger partial charge in [-0.1, -0.05) is 6.92 Å². The highest BCUT2D eigenvalue weighted by Gasteiger charge is 2.39. The molecule has 0 aromatic rings. The summed E-state index contributed by atoms with van der Waals surface area (Å²) in [6, 6.07) is 0.991. The number of hydrogen-bond acceptors (Lipinski definition) is 2. The monoisotopic (exact) mass is 216 g/mol. The third-order valence-corrected chi connectivity index (χ3v) is 3.69. The summed E-state index contributed by atoms with van der Waals surface area (Å²) in [5.74, 6) is 0.240. The van der Waals surface area contributed by atoms with E-state index in [2.05, 4.69) is 11.8 Å². The van der Waals surface area contributed by atoms with E-state index in [-0.39, 0.29) is 11.8 Å². The maximum absolute atomic E-state index is 11.6. The molecule has 0 aromatic carbocycles. The second-order valence-electron chi connectivity index (χ2n) is 4.18. The van der Waals surface area contributed by atoms with Crippen LogP contribution in [0.25, 0.3) is 0 Å². The van der Waals surface area contributed by atoms with E-state index in [1.807, 2.05) is 4.90 Å². The molecule has 2 rings (SSSR count). The van der Waals surface area contributed by atoms with Gasteiger partial charge in [0.15, 0.2) is 0 Å². The van der Waals surface area contributed by atoms with Crippen molar-refractivity contribution in [2.75, 3.05) is 25.5 Å². The Balaban J connectivity index is 2.08. The highest BCUT2D eigenvalue weighted by atomic mass is 35.5. The molecule has 0 spiro atoms. The predicted molar refractivity (Wildman–Crippen MR) is 56.5 cm³/mol. The maximum atomic E-state index is 11.6. The van der Waals surface area contributed by atoms with Crippen LogP contribution in [0.4, 0.5) is 0 Å². The molecule has 0 radical (unpaired) electrons. The topological polar surface area (TPSA) is 23.6 Å². The first-order valence-electron chi connectivity index (χ1n) is 5.35. The van der Waals surface area contributed by atoms with Crippen molar-refractivity contribution in [1.29, 1.82) is 0 Å². The van der Waals surface area contributed by atoms with E-state index in [0.29, 0.717) is 12.1 Å². The average molecular weight is 217 g/mol. The predicted octanol–water partition coefficient (Wildman–Crippen LogP) is 0.920. The number of fused-ring (bicyclic) bond motifs is 2. The zero-order chi connectivity index (χ0) is 10.1. The van der Waals surface area contributed by atoms with Gasteiger partial charge in [0.1, 0.15) is 5.88 Å². The van der Waals surface area contributed by atoms with Gasteiger partial charge in [-0.3, -0.25) is 9.69 Å². The Hall–Kier alpha value is -0.280. The minimum absolute atomic E-state index is 0.108. The fraction of sp³-hybridized carbons (Fsp3) is 0.900. The van der Waals surface area contributed by atoms with E-state index in [4.69, 9.17) is 11.6 Å². The highest BCUT2D eigenvalue weighted by molar-refractivity contribution is 6.27. The van der Waals surface area contributed by atoms with Crippen LogP contribution >= 0.6 is 11.6 Å². The van der Waals surface area contributed by atoms with E-state index in [1.165, 1.54) is 0 Å². The molecule has 2 bridgehead atoms. The molecule has 4 heteroatoms. The molecule has 2 aliphatic rings. The Bertz CT molecular complexity index is 234. The summed E-state index contributed by atoms with van der Waals surface area (Å²) < 4.78 is 0. The minimum Gasteiger partial charge on any atom is -0.336 e. The molecule has 3 atom stereocenters. The molecule has 0 saturated carbocycles. The van der Waals surface area contributed by atoms with Crippen molar-refractivity contribution in [3.63, 3.8) is 0 Å². The maximum Gasteiger partial charge on any atom is 0.237 e. The molecular weight excluding hydrogens is 200 g/mol. The van der Waals surface area contributed by atoms with E-state index < -0.39 is 0 Å². The van der Waals surface area contributed by atoms with E-state index in [9.17, 15) is 4.79 Å². The number of hydrogen-bond donors (Lipinski definition) is 0. The third kappa shape index (κ3) is 1.63. The summed E-state index contributed by atoms with van der Waals surface area (Å²) in [6.45, 7) is 5.27. The minimum atomic E-state index is 0.108. The molecule has 2 aliphatic heterocycles. The van der Waals surface area contributed by atoms with Crippen molar-refractivity contribution in [2.24, 2.45) is 0 Å². The van der Waals surface area contributed by atoms with Gasteiger partial charge in [-0.05, 0) is 12.8 Å². The first-order valence-corrected chi connectivity index (χ1v) is 5.89. The summed E-state index contributed by atoms with van der Waals surface area (Å²) in [5.41, 5.74) is 0. The van der Waals surface area contributed by atoms with Crippen molar-refractivity contribution in [3.8, 4) is 0 Å². The Kier molecular flexibility index (Phi) is 2.98. The van der Waals surface area contributed by atoms with Crippen molar-refractivity contribution in [2.45, 2.75) is 31.8 Å². The van der Waals surface area contributed by atoms with Crippen LogP contribution < -0.4 is 0 Å². The number of carbonyl (C=O) groups excluding carboxylic acids is 1. The first-order chi connectivity index (χ1) is 6.76. The van der Waals surface area contributed by atoms with Gasteiger partial charge in [-0.15, -0.1) is 11.6 Å². The van der Waals surface area contributed by atoms with Gasteiger partial charge < -0.3 is 4.90 Å². The standard InChI is InChI=1S/C10H17ClN2O/c1-2-8-7-13(10(14)5-11)9-3-4-12(8)6-9/h8-9H,2-7H2,1H3. The molecule has 0 aliphatic carbocycles. The van der Waals surface area contributed by atoms with Crippen molar-refractivity contribution >= 4 is 17.5 Å². The van der Waals surface area contributed by atoms with Gasteiger partial charge in [-0.25, -0.2) is 0 Å². The van der Waals surface area contributed by atoms with E-state index in [1.54, 1.807) is 0 Å². The Morgan fingerprint density at radius 3 is 2.93 bits per heavy atom. The van der Waals surface area contributed by atoms with Gasteiger partial charge in [0.2, 0.25) is 5.91 Å². The number of carbonyl (C=O) groups is 1. The quantitative estimate of drug-likeness (QED) is 0.641. The van der Waals surface area contributed by atoms with Crippen molar-refractivity contribution in [3.05, 3.63) is 0 Å². The Morgan fingerprint density at radius 1 is 1.50 bits per heavy atom. The van der Waals surface area contributed by atoms with Crippen LogP contribution in [0.3, 0.4) is 0 Å². The second kappa shape index (κ2) is 4.07. The third-order valence-electron chi connectivity index (χ3n) is 3.47. The Morgan fingerprint density at radius 2 is 2.29 bits per heavy atom. The van der Waals surface area contributed by atoms with Crippen LogP contribution in [0.15, 0.2) is 0 Å². The fourth-order valence-electron chi connectivity index (χ4n) is 2.62. The molecule has 0 N–H and O–H groups in total. The average Bonchev–Trinajstić information content (AvgIpc) is 2.62. The number of nitrogens with zero attached hydrogens (tertiary/aromatic N) is 2. The summed E-state index contributed by atoms with van der Waals surface area (Å²) >= 11 is 5.61. The number of alkyl halides is 1. The molecule has 3 nitrogen and oxygen atoms in total. The second-order valence-corrected chi connectivity index (χ2v) is 4.45. The van der Waals surface area contributed by atoms with Gasteiger partial charge >= 0.3 is 0 Å². The van der Waals surface area contributed by atoms with Gasteiger partial charge in [0.25, 0.3) is 0 Å². The number of amides is 1. The van der Waals surface area contributed by atoms with Crippen LogP contribution in [0.5, 0.6) is 0 Å². The fourth-order valence-corrected chi connectivity index (χ4v) is 2.77. The molecule has 14 heavy (non-hydrogen) atoms. The Labute approximate surface area is 90.0 Å². The van der Waals surface area contributed by atoms with Crippen LogP contribution in [0.1, 0.15) is 19.8 Å². The normalized spacial score (nSPS) is 36.1. The smallest absolute Gasteiger partial charge is 0.237 e. The lowest BCUT2D eigenvalue weighted by Gasteiger charge is -2.39. The van der Waals surface area contributed by atoms with Crippen LogP contribution in [0, 0.1) is 0 Å². The molecule has 80 valence electrons. The number of piperazine rings is 1. The first kappa shape index (κ1) is 10.2. The lowest BCUT2D eigenvalue weighted by molar-refractivity contribution is -0.132. The SMILES string of the molecule is CCC1CN(C(=O)CCl)C2CCN1C2. The highest BCUT2D eigenvalue weighted by Crippen LogP contribution is 2.26. The molecule has 0 aromatic heterocycles. The molecule has 2 heterocycles. The van der Waals surface area contributed by atoms with Crippen LogP contribution in [-0.4, -0.2) is 53.3 Å². The molecule has 1 amide bonds. The number of halogens is 1. The summed E-state index contributed by atoms with van der Waals surface area (Å²) in [7, 11) is 0. The molecular formula is C10H17ClN2O. The molecule has 3 unspecified atom stereocenters. The number of rotatable bonds is 2. The van der Waals surface area contributed by atoms with E-state index in [0.717, 1.165) is 32.5 Å². The summed E-state index contributed by atoms with van der Waals surface area (Å²) in [4.78, 5) is 16.1. The zero-order valence-electron chi connectivity index (χ0n) is 8.58.